The topological polar surface area (TPSA) is 54.2 Å². The number of nitrogens with zero attached hydrogens (tertiary/aromatic N) is 3. The Balaban J connectivity index is 0.00000576. The molecule has 0 saturated heterocycles. The summed E-state index contributed by atoms with van der Waals surface area (Å²) in [4.78, 5) is 4.74. The molecule has 6 heteroatoms. The van der Waals surface area contributed by atoms with Gasteiger partial charge in [-0.25, -0.2) is 0 Å². The van der Waals surface area contributed by atoms with Gasteiger partial charge in [0.05, 0.1) is 5.69 Å². The van der Waals surface area contributed by atoms with Crippen molar-refractivity contribution in [1.82, 2.24) is 20.4 Å². The van der Waals surface area contributed by atoms with Crippen LogP contribution >= 0.6 is 24.0 Å². The average Bonchev–Trinajstić information content (AvgIpc) is 2.78. The van der Waals surface area contributed by atoms with E-state index in [0.717, 1.165) is 31.2 Å². The van der Waals surface area contributed by atoms with Crippen LogP contribution in [0.1, 0.15) is 69.8 Å². The molecular formula is C19H38IN5. The first-order valence-electron chi connectivity index (χ1n) is 9.53. The van der Waals surface area contributed by atoms with E-state index in [4.69, 9.17) is 4.99 Å². The number of halogens is 1. The molecule has 0 radical (unpaired) electrons. The standard InChI is InChI=1S/C19H37N5.HI/c1-7-9-10-11-12-15(3)22-19(20-8-2)21-14-13-18-16(4)23-24(6)17(18)5;/h15H,7-14H2,1-6H3,(H2,20,21,22);1H. The Kier molecular flexibility index (Phi) is 13.0. The Morgan fingerprint density at radius 1 is 1.20 bits per heavy atom. The quantitative estimate of drug-likeness (QED) is 0.238. The molecule has 1 unspecified atom stereocenters. The van der Waals surface area contributed by atoms with Gasteiger partial charge in [-0.2, -0.15) is 5.10 Å². The van der Waals surface area contributed by atoms with Gasteiger partial charge in [0, 0.05) is 31.9 Å². The lowest BCUT2D eigenvalue weighted by atomic mass is 10.1. The molecule has 1 rings (SSSR count). The highest BCUT2D eigenvalue weighted by atomic mass is 127. The highest BCUT2D eigenvalue weighted by molar-refractivity contribution is 14.0. The molecule has 0 aliphatic rings. The lowest BCUT2D eigenvalue weighted by molar-refractivity contribution is 0.537. The van der Waals surface area contributed by atoms with Crippen molar-refractivity contribution < 1.29 is 0 Å². The van der Waals surface area contributed by atoms with Crippen LogP contribution < -0.4 is 10.6 Å². The van der Waals surface area contributed by atoms with Gasteiger partial charge < -0.3 is 10.6 Å². The molecular weight excluding hydrogens is 425 g/mol. The molecule has 0 aliphatic carbocycles. The van der Waals surface area contributed by atoms with Crippen molar-refractivity contribution in [2.24, 2.45) is 12.0 Å². The summed E-state index contributed by atoms with van der Waals surface area (Å²) in [7, 11) is 2.00. The Bertz CT molecular complexity index is 510. The molecule has 1 atom stereocenters. The van der Waals surface area contributed by atoms with Crippen LogP contribution in [-0.2, 0) is 13.5 Å². The summed E-state index contributed by atoms with van der Waals surface area (Å²) < 4.78 is 1.95. The van der Waals surface area contributed by atoms with E-state index in [9.17, 15) is 0 Å². The van der Waals surface area contributed by atoms with Gasteiger partial charge in [0.2, 0.25) is 0 Å². The van der Waals surface area contributed by atoms with Crippen LogP contribution in [0.15, 0.2) is 4.99 Å². The van der Waals surface area contributed by atoms with Crippen molar-refractivity contribution in [1.29, 1.82) is 0 Å². The monoisotopic (exact) mass is 463 g/mol. The molecule has 5 nitrogen and oxygen atoms in total. The van der Waals surface area contributed by atoms with E-state index in [1.54, 1.807) is 0 Å². The number of aryl methyl sites for hydroxylation is 2. The molecule has 1 heterocycles. The first-order valence-corrected chi connectivity index (χ1v) is 9.53. The van der Waals surface area contributed by atoms with E-state index < -0.39 is 0 Å². The van der Waals surface area contributed by atoms with E-state index in [0.29, 0.717) is 6.04 Å². The predicted molar refractivity (Wildman–Crippen MR) is 119 cm³/mol. The van der Waals surface area contributed by atoms with Crippen molar-refractivity contribution >= 4 is 29.9 Å². The lowest BCUT2D eigenvalue weighted by Gasteiger charge is -2.17. The van der Waals surface area contributed by atoms with Gasteiger partial charge in [0.1, 0.15) is 0 Å². The summed E-state index contributed by atoms with van der Waals surface area (Å²) in [5, 5.41) is 11.4. The van der Waals surface area contributed by atoms with Crippen LogP contribution in [0, 0.1) is 13.8 Å². The SMILES string of the molecule is CCCCCCC(C)NC(=NCCc1c(C)nn(C)c1C)NCC.I. The van der Waals surface area contributed by atoms with Crippen LogP contribution in [0.25, 0.3) is 0 Å². The maximum Gasteiger partial charge on any atom is 0.191 e. The zero-order chi connectivity index (χ0) is 17.9. The average molecular weight is 463 g/mol. The normalized spacial score (nSPS) is 12.6. The largest absolute Gasteiger partial charge is 0.357 e. The van der Waals surface area contributed by atoms with Gasteiger partial charge in [0.25, 0.3) is 0 Å². The highest BCUT2D eigenvalue weighted by Crippen LogP contribution is 2.12. The number of aromatic nitrogens is 2. The fourth-order valence-corrected chi connectivity index (χ4v) is 2.96. The summed E-state index contributed by atoms with van der Waals surface area (Å²) >= 11 is 0. The summed E-state index contributed by atoms with van der Waals surface area (Å²) in [6, 6.07) is 0.460. The van der Waals surface area contributed by atoms with Crippen LogP contribution in [0.3, 0.4) is 0 Å². The maximum atomic E-state index is 4.74. The smallest absolute Gasteiger partial charge is 0.191 e. The van der Waals surface area contributed by atoms with Crippen molar-refractivity contribution in [3.8, 4) is 0 Å². The van der Waals surface area contributed by atoms with Crippen molar-refractivity contribution in [2.75, 3.05) is 13.1 Å². The Hall–Kier alpha value is -0.790. The minimum atomic E-state index is 0. The van der Waals surface area contributed by atoms with Crippen molar-refractivity contribution in [3.63, 3.8) is 0 Å². The maximum absolute atomic E-state index is 4.74. The van der Waals surface area contributed by atoms with Crippen LogP contribution in [0.5, 0.6) is 0 Å². The number of hydrogen-bond donors (Lipinski definition) is 2. The molecule has 0 amide bonds. The van der Waals surface area contributed by atoms with Gasteiger partial charge in [-0.3, -0.25) is 9.67 Å². The zero-order valence-corrected chi connectivity index (χ0v) is 19.3. The Labute approximate surface area is 171 Å². The van der Waals surface area contributed by atoms with E-state index in [1.165, 1.54) is 43.4 Å². The van der Waals surface area contributed by atoms with Crippen molar-refractivity contribution in [3.05, 3.63) is 17.0 Å². The molecule has 0 spiro atoms. The number of rotatable bonds is 10. The Morgan fingerprint density at radius 3 is 2.48 bits per heavy atom. The summed E-state index contributed by atoms with van der Waals surface area (Å²) in [6.07, 6.45) is 7.38. The molecule has 0 aromatic carbocycles. The van der Waals surface area contributed by atoms with Crippen molar-refractivity contribution in [2.45, 2.75) is 79.2 Å². The molecule has 1 aromatic rings. The molecule has 1 aromatic heterocycles. The van der Waals surface area contributed by atoms with Crippen LogP contribution in [0.2, 0.25) is 0 Å². The summed E-state index contributed by atoms with van der Waals surface area (Å²) in [5.41, 5.74) is 3.68. The second kappa shape index (κ2) is 13.4. The van der Waals surface area contributed by atoms with Crippen LogP contribution in [0.4, 0.5) is 0 Å². The molecule has 2 N–H and O–H groups in total. The fourth-order valence-electron chi connectivity index (χ4n) is 2.96. The van der Waals surface area contributed by atoms with E-state index in [1.807, 2.05) is 11.7 Å². The summed E-state index contributed by atoms with van der Waals surface area (Å²) in [6.45, 7) is 12.5. The first-order chi connectivity index (χ1) is 11.5. The zero-order valence-electron chi connectivity index (χ0n) is 17.0. The molecule has 0 aliphatic heterocycles. The molecule has 0 saturated carbocycles. The number of unbranched alkanes of at least 4 members (excludes halogenated alkanes) is 3. The molecule has 0 bridgehead atoms. The molecule has 146 valence electrons. The predicted octanol–water partition coefficient (Wildman–Crippen LogP) is 4.11. The number of hydrogen-bond acceptors (Lipinski definition) is 2. The third kappa shape index (κ3) is 8.92. The highest BCUT2D eigenvalue weighted by Gasteiger charge is 2.09. The van der Waals surface area contributed by atoms with Gasteiger partial charge in [-0.15, -0.1) is 24.0 Å². The third-order valence-corrected chi connectivity index (χ3v) is 4.51. The minimum Gasteiger partial charge on any atom is -0.357 e. The lowest BCUT2D eigenvalue weighted by Crippen LogP contribution is -2.42. The Morgan fingerprint density at radius 2 is 1.92 bits per heavy atom. The number of aliphatic imine (C=N–C) groups is 1. The number of guanidine groups is 1. The van der Waals surface area contributed by atoms with Crippen LogP contribution in [-0.4, -0.2) is 34.9 Å². The van der Waals surface area contributed by atoms with E-state index >= 15 is 0 Å². The molecule has 25 heavy (non-hydrogen) atoms. The van der Waals surface area contributed by atoms with Gasteiger partial charge in [0.15, 0.2) is 5.96 Å². The summed E-state index contributed by atoms with van der Waals surface area (Å²) in [5.74, 6) is 0.930. The molecule has 0 fully saturated rings. The third-order valence-electron chi connectivity index (χ3n) is 4.51. The van der Waals surface area contributed by atoms with Gasteiger partial charge in [-0.1, -0.05) is 32.6 Å². The van der Waals surface area contributed by atoms with E-state index in [2.05, 4.69) is 50.4 Å². The second-order valence-corrected chi connectivity index (χ2v) is 6.68. The van der Waals surface area contributed by atoms with Gasteiger partial charge in [-0.05, 0) is 46.1 Å². The van der Waals surface area contributed by atoms with Gasteiger partial charge >= 0.3 is 0 Å². The minimum absolute atomic E-state index is 0. The fraction of sp³-hybridized carbons (Fsp3) is 0.789. The first kappa shape index (κ1) is 24.2. The van der Waals surface area contributed by atoms with E-state index in [-0.39, 0.29) is 24.0 Å². The second-order valence-electron chi connectivity index (χ2n) is 6.68. The number of nitrogens with one attached hydrogen (secondary N) is 2.